The minimum absolute atomic E-state index is 0.102. The number of thiazole rings is 1. The first-order valence-corrected chi connectivity index (χ1v) is 6.18. The van der Waals surface area contributed by atoms with Gasteiger partial charge in [-0.05, 0) is 19.9 Å². The second kappa shape index (κ2) is 4.22. The molecule has 2 unspecified atom stereocenters. The number of aromatic nitrogens is 1. The predicted molar refractivity (Wildman–Crippen MR) is 59.7 cm³/mol. The lowest BCUT2D eigenvalue weighted by molar-refractivity contribution is -0.243. The quantitative estimate of drug-likeness (QED) is 0.844. The van der Waals surface area contributed by atoms with Crippen LogP contribution in [0.2, 0.25) is 0 Å². The van der Waals surface area contributed by atoms with Gasteiger partial charge in [-0.2, -0.15) is 13.2 Å². The van der Waals surface area contributed by atoms with Crippen molar-refractivity contribution in [2.75, 3.05) is 13.6 Å². The van der Waals surface area contributed by atoms with Crippen LogP contribution in [0.25, 0.3) is 0 Å². The first-order valence-electron chi connectivity index (χ1n) is 5.30. The second-order valence-electron chi connectivity index (χ2n) is 4.40. The molecule has 2 heterocycles. The molecule has 96 valence electrons. The van der Waals surface area contributed by atoms with E-state index >= 15 is 0 Å². The molecule has 2 rings (SSSR count). The van der Waals surface area contributed by atoms with Crippen molar-refractivity contribution in [3.05, 3.63) is 16.6 Å². The number of nitrogens with zero attached hydrogens (tertiary/aromatic N) is 2. The third kappa shape index (κ3) is 1.96. The number of hydrogen-bond acceptors (Lipinski definition) is 4. The van der Waals surface area contributed by atoms with E-state index in [-0.39, 0.29) is 11.3 Å². The van der Waals surface area contributed by atoms with Crippen LogP contribution in [0.15, 0.2) is 11.7 Å². The van der Waals surface area contributed by atoms with Gasteiger partial charge in [0.05, 0.1) is 10.4 Å². The van der Waals surface area contributed by atoms with Crippen LogP contribution in [0.1, 0.15) is 17.7 Å². The van der Waals surface area contributed by atoms with E-state index in [2.05, 4.69) is 4.98 Å². The molecular weight excluding hydrogens is 251 g/mol. The lowest BCUT2D eigenvalue weighted by atomic mass is 9.82. The van der Waals surface area contributed by atoms with Gasteiger partial charge in [0.2, 0.25) is 0 Å². The molecule has 0 aromatic carbocycles. The van der Waals surface area contributed by atoms with Gasteiger partial charge in [-0.1, -0.05) is 0 Å². The Hall–Kier alpha value is -0.660. The predicted octanol–water partition coefficient (Wildman–Crippen LogP) is 1.95. The molecule has 0 aliphatic carbocycles. The minimum atomic E-state index is -4.34. The van der Waals surface area contributed by atoms with Crippen molar-refractivity contribution in [1.82, 2.24) is 9.88 Å². The third-order valence-electron chi connectivity index (χ3n) is 3.35. The smallest absolute Gasteiger partial charge is 0.328 e. The average molecular weight is 265 g/mol. The monoisotopic (exact) mass is 265 g/mol. The fraction of sp³-hybridized carbons (Fsp3) is 0.700. The van der Waals surface area contributed by atoms with Crippen molar-refractivity contribution >= 4 is 11.3 Å². The van der Waals surface area contributed by atoms with Crippen LogP contribution in [0, 0.1) is 0 Å². The summed E-state index contributed by atoms with van der Waals surface area (Å²) < 4.78 is 40.4. The molecule has 0 amide bonds. The lowest BCUT2D eigenvalue weighted by Crippen LogP contribution is -2.60. The van der Waals surface area contributed by atoms with E-state index in [4.69, 9.17) is 5.73 Å². The first-order chi connectivity index (χ1) is 7.88. The summed E-state index contributed by atoms with van der Waals surface area (Å²) in [5, 5.41) is 0. The highest BCUT2D eigenvalue weighted by Gasteiger charge is 2.61. The van der Waals surface area contributed by atoms with Gasteiger partial charge in [0, 0.05) is 18.8 Å². The number of hydrogen-bond donors (Lipinski definition) is 1. The molecule has 0 saturated carbocycles. The van der Waals surface area contributed by atoms with Gasteiger partial charge >= 0.3 is 6.18 Å². The molecule has 2 N–H and O–H groups in total. The van der Waals surface area contributed by atoms with Gasteiger partial charge < -0.3 is 5.73 Å². The standard InChI is InChI=1S/C10H14F3N3S/c1-16-3-2-7(14)4-9(16,10(11,12)13)8-5-15-6-17-8/h5-7H,2-4,14H2,1H3. The summed E-state index contributed by atoms with van der Waals surface area (Å²) in [4.78, 5) is 5.34. The fourth-order valence-corrected chi connectivity index (χ4v) is 3.28. The molecule has 1 aromatic heterocycles. The van der Waals surface area contributed by atoms with Crippen molar-refractivity contribution in [3.63, 3.8) is 0 Å². The van der Waals surface area contributed by atoms with E-state index in [1.807, 2.05) is 0 Å². The van der Waals surface area contributed by atoms with Crippen LogP contribution in [-0.4, -0.2) is 35.7 Å². The maximum Gasteiger partial charge on any atom is 0.411 e. The van der Waals surface area contributed by atoms with Gasteiger partial charge in [0.25, 0.3) is 0 Å². The Balaban J connectivity index is 2.50. The molecule has 1 aromatic rings. The van der Waals surface area contributed by atoms with Crippen LogP contribution in [-0.2, 0) is 5.54 Å². The van der Waals surface area contributed by atoms with Crippen molar-refractivity contribution in [2.45, 2.75) is 30.6 Å². The van der Waals surface area contributed by atoms with E-state index in [9.17, 15) is 13.2 Å². The molecule has 0 spiro atoms. The second-order valence-corrected chi connectivity index (χ2v) is 5.28. The zero-order chi connectivity index (χ0) is 12.7. The molecule has 2 atom stereocenters. The van der Waals surface area contributed by atoms with E-state index in [0.717, 1.165) is 11.3 Å². The third-order valence-corrected chi connectivity index (χ3v) is 4.28. The van der Waals surface area contributed by atoms with Crippen LogP contribution in [0.3, 0.4) is 0 Å². The van der Waals surface area contributed by atoms with Gasteiger partial charge in [0.1, 0.15) is 0 Å². The lowest BCUT2D eigenvalue weighted by Gasteiger charge is -2.47. The number of nitrogens with two attached hydrogens (primary N) is 1. The topological polar surface area (TPSA) is 42.1 Å². The Bertz CT molecular complexity index is 379. The van der Waals surface area contributed by atoms with Crippen molar-refractivity contribution < 1.29 is 13.2 Å². The number of rotatable bonds is 1. The summed E-state index contributed by atoms with van der Waals surface area (Å²) in [6, 6.07) is -0.421. The first kappa shape index (κ1) is 12.8. The largest absolute Gasteiger partial charge is 0.411 e. The highest BCUT2D eigenvalue weighted by molar-refractivity contribution is 7.09. The van der Waals surface area contributed by atoms with Gasteiger partial charge in [-0.15, -0.1) is 11.3 Å². The summed E-state index contributed by atoms with van der Waals surface area (Å²) in [7, 11) is 1.50. The van der Waals surface area contributed by atoms with Crippen molar-refractivity contribution in [1.29, 1.82) is 0 Å². The minimum Gasteiger partial charge on any atom is -0.328 e. The molecule has 17 heavy (non-hydrogen) atoms. The summed E-state index contributed by atoms with van der Waals surface area (Å²) in [5.74, 6) is 0. The highest BCUT2D eigenvalue weighted by Crippen LogP contribution is 2.49. The Labute approximate surface area is 101 Å². The van der Waals surface area contributed by atoms with Crippen LogP contribution in [0.4, 0.5) is 13.2 Å². The van der Waals surface area contributed by atoms with Crippen molar-refractivity contribution in [3.8, 4) is 0 Å². The van der Waals surface area contributed by atoms with E-state index in [1.54, 1.807) is 0 Å². The molecular formula is C10H14F3N3S. The van der Waals surface area contributed by atoms with Gasteiger partial charge in [-0.3, -0.25) is 9.88 Å². The maximum absolute atomic E-state index is 13.5. The molecule has 7 heteroatoms. The van der Waals surface area contributed by atoms with Gasteiger partial charge in [0.15, 0.2) is 5.54 Å². The Morgan fingerprint density at radius 1 is 1.59 bits per heavy atom. The fourth-order valence-electron chi connectivity index (χ4n) is 2.37. The average Bonchev–Trinajstić information content (AvgIpc) is 2.73. The van der Waals surface area contributed by atoms with Gasteiger partial charge in [-0.25, -0.2) is 0 Å². The van der Waals surface area contributed by atoms with Crippen LogP contribution in [0.5, 0.6) is 0 Å². The van der Waals surface area contributed by atoms with Crippen molar-refractivity contribution in [2.24, 2.45) is 5.73 Å². The van der Waals surface area contributed by atoms with E-state index in [0.29, 0.717) is 13.0 Å². The SMILES string of the molecule is CN1CCC(N)CC1(c1cncs1)C(F)(F)F. The number of likely N-dealkylation sites (tertiary alicyclic amines) is 1. The number of alkyl halides is 3. The highest BCUT2D eigenvalue weighted by atomic mass is 32.1. The Kier molecular flexibility index (Phi) is 3.17. The Morgan fingerprint density at radius 3 is 2.82 bits per heavy atom. The molecule has 0 bridgehead atoms. The number of piperidine rings is 1. The van der Waals surface area contributed by atoms with E-state index in [1.165, 1.54) is 23.7 Å². The molecule has 3 nitrogen and oxygen atoms in total. The summed E-state index contributed by atoms with van der Waals surface area (Å²) >= 11 is 1.03. The van der Waals surface area contributed by atoms with E-state index < -0.39 is 17.8 Å². The molecule has 0 radical (unpaired) electrons. The normalized spacial score (nSPS) is 31.7. The zero-order valence-corrected chi connectivity index (χ0v) is 10.2. The number of halogens is 3. The van der Waals surface area contributed by atoms with Crippen LogP contribution < -0.4 is 5.73 Å². The molecule has 1 fully saturated rings. The Morgan fingerprint density at radius 2 is 2.29 bits per heavy atom. The maximum atomic E-state index is 13.5. The summed E-state index contributed by atoms with van der Waals surface area (Å²) in [5.41, 5.74) is 5.19. The summed E-state index contributed by atoms with van der Waals surface area (Å²) in [6.45, 7) is 0.346. The zero-order valence-electron chi connectivity index (χ0n) is 9.37. The molecule has 1 aliphatic heterocycles. The molecule has 1 saturated heterocycles. The van der Waals surface area contributed by atoms with Crippen LogP contribution >= 0.6 is 11.3 Å². The molecule has 1 aliphatic rings. The summed E-state index contributed by atoms with van der Waals surface area (Å²) in [6.07, 6.45) is -2.55.